The molecule has 1 heterocycles. The molecule has 0 radical (unpaired) electrons. The second-order valence-electron chi connectivity index (χ2n) is 4.85. The van der Waals surface area contributed by atoms with Crippen LogP contribution in [-0.4, -0.2) is 29.6 Å². The van der Waals surface area contributed by atoms with Crippen LogP contribution in [0.1, 0.15) is 0 Å². The Bertz CT molecular complexity index is 849. The number of para-hydroxylation sites is 3. The van der Waals surface area contributed by atoms with Gasteiger partial charge in [0.05, 0.1) is 12.6 Å². The zero-order valence-electron chi connectivity index (χ0n) is 13.0. The fourth-order valence-electron chi connectivity index (χ4n) is 2.15. The Kier molecular flexibility index (Phi) is 4.71. The van der Waals surface area contributed by atoms with Crippen molar-refractivity contribution in [2.75, 3.05) is 19.1 Å². The van der Waals surface area contributed by atoms with Gasteiger partial charge in [0.1, 0.15) is 6.33 Å². The zero-order chi connectivity index (χ0) is 16.8. The standard InChI is InChI=1S/C17H16N4O3/c1-23-14-8-4-5-9-15(14)24-10-16(22)20-21-17-12-6-2-3-7-13(12)18-11-19-17/h2-9,11H,10H2,1H3,(H,20,22)(H,18,19,21). The first-order chi connectivity index (χ1) is 11.8. The summed E-state index contributed by atoms with van der Waals surface area (Å²) in [6, 6.07) is 14.6. The van der Waals surface area contributed by atoms with Crippen molar-refractivity contribution in [2.24, 2.45) is 0 Å². The predicted octanol–water partition coefficient (Wildman–Crippen LogP) is 2.16. The van der Waals surface area contributed by atoms with E-state index in [0.29, 0.717) is 17.3 Å². The van der Waals surface area contributed by atoms with Crippen LogP contribution in [0.15, 0.2) is 54.9 Å². The first kappa shape index (κ1) is 15.5. The molecule has 0 saturated heterocycles. The summed E-state index contributed by atoms with van der Waals surface area (Å²) in [5.74, 6) is 1.25. The van der Waals surface area contributed by atoms with Gasteiger partial charge in [0, 0.05) is 5.39 Å². The molecule has 0 fully saturated rings. The summed E-state index contributed by atoms with van der Waals surface area (Å²) in [5.41, 5.74) is 6.13. The third-order valence-corrected chi connectivity index (χ3v) is 3.29. The highest BCUT2D eigenvalue weighted by Crippen LogP contribution is 2.25. The van der Waals surface area contributed by atoms with Crippen molar-refractivity contribution < 1.29 is 14.3 Å². The Labute approximate surface area is 138 Å². The maximum atomic E-state index is 11.9. The number of fused-ring (bicyclic) bond motifs is 1. The Balaban J connectivity index is 1.59. The largest absolute Gasteiger partial charge is 0.493 e. The minimum absolute atomic E-state index is 0.156. The maximum absolute atomic E-state index is 11.9. The summed E-state index contributed by atoms with van der Waals surface area (Å²) >= 11 is 0. The van der Waals surface area contributed by atoms with Gasteiger partial charge in [0.2, 0.25) is 0 Å². The van der Waals surface area contributed by atoms with Gasteiger partial charge < -0.3 is 9.47 Å². The molecule has 0 aliphatic heterocycles. The molecule has 1 amide bonds. The lowest BCUT2D eigenvalue weighted by Crippen LogP contribution is -2.34. The van der Waals surface area contributed by atoms with Crippen LogP contribution in [0.3, 0.4) is 0 Å². The SMILES string of the molecule is COc1ccccc1OCC(=O)NNc1ncnc2ccccc12. The van der Waals surface area contributed by atoms with E-state index in [2.05, 4.69) is 20.8 Å². The average Bonchev–Trinajstić information content (AvgIpc) is 2.64. The molecule has 0 spiro atoms. The molecule has 0 aliphatic carbocycles. The molecule has 1 aromatic heterocycles. The lowest BCUT2D eigenvalue weighted by molar-refractivity contribution is -0.122. The molecule has 24 heavy (non-hydrogen) atoms. The van der Waals surface area contributed by atoms with E-state index in [4.69, 9.17) is 9.47 Å². The van der Waals surface area contributed by atoms with Gasteiger partial charge in [-0.05, 0) is 24.3 Å². The number of carbonyl (C=O) groups is 1. The quantitative estimate of drug-likeness (QED) is 0.676. The number of methoxy groups -OCH3 is 1. The Morgan fingerprint density at radius 2 is 1.79 bits per heavy atom. The van der Waals surface area contributed by atoms with Crippen molar-refractivity contribution in [1.82, 2.24) is 15.4 Å². The molecule has 7 nitrogen and oxygen atoms in total. The first-order valence-corrected chi connectivity index (χ1v) is 7.28. The van der Waals surface area contributed by atoms with Gasteiger partial charge in [-0.25, -0.2) is 9.97 Å². The van der Waals surface area contributed by atoms with E-state index in [1.165, 1.54) is 6.33 Å². The molecule has 0 aliphatic rings. The minimum atomic E-state index is -0.344. The van der Waals surface area contributed by atoms with Crippen molar-refractivity contribution in [1.29, 1.82) is 0 Å². The third-order valence-electron chi connectivity index (χ3n) is 3.29. The van der Waals surface area contributed by atoms with E-state index >= 15 is 0 Å². The van der Waals surface area contributed by atoms with Crippen LogP contribution >= 0.6 is 0 Å². The molecule has 0 unspecified atom stereocenters. The maximum Gasteiger partial charge on any atom is 0.276 e. The van der Waals surface area contributed by atoms with Gasteiger partial charge in [-0.1, -0.05) is 24.3 Å². The van der Waals surface area contributed by atoms with Crippen LogP contribution in [0, 0.1) is 0 Å². The Morgan fingerprint density at radius 3 is 2.62 bits per heavy atom. The fraction of sp³-hybridized carbons (Fsp3) is 0.118. The smallest absolute Gasteiger partial charge is 0.276 e. The summed E-state index contributed by atoms with van der Waals surface area (Å²) < 4.78 is 10.6. The predicted molar refractivity (Wildman–Crippen MR) is 89.8 cm³/mol. The topological polar surface area (TPSA) is 85.4 Å². The second kappa shape index (κ2) is 7.28. The molecule has 2 N–H and O–H groups in total. The molecular weight excluding hydrogens is 308 g/mol. The number of rotatable bonds is 6. The van der Waals surface area contributed by atoms with Crippen LogP contribution in [0.2, 0.25) is 0 Å². The summed E-state index contributed by atoms with van der Waals surface area (Å²) in [5, 5.41) is 0.811. The number of ether oxygens (including phenoxy) is 2. The highest BCUT2D eigenvalue weighted by Gasteiger charge is 2.08. The van der Waals surface area contributed by atoms with Crippen LogP contribution in [0.25, 0.3) is 10.9 Å². The summed E-state index contributed by atoms with van der Waals surface area (Å²) in [6.07, 6.45) is 1.43. The number of nitrogens with one attached hydrogen (secondary N) is 2. The van der Waals surface area contributed by atoms with Crippen LogP contribution in [0.5, 0.6) is 11.5 Å². The first-order valence-electron chi connectivity index (χ1n) is 7.28. The number of carbonyl (C=O) groups excluding carboxylic acids is 1. The number of hydrogen-bond donors (Lipinski definition) is 2. The Hall–Kier alpha value is -3.35. The van der Waals surface area contributed by atoms with Crippen molar-refractivity contribution >= 4 is 22.6 Å². The summed E-state index contributed by atoms with van der Waals surface area (Å²) in [6.45, 7) is -0.156. The molecule has 122 valence electrons. The number of hydrazine groups is 1. The van der Waals surface area contributed by atoms with E-state index in [0.717, 1.165) is 10.9 Å². The number of amides is 1. The molecule has 0 bridgehead atoms. The molecule has 0 saturated carbocycles. The highest BCUT2D eigenvalue weighted by molar-refractivity contribution is 5.89. The molecular formula is C17H16N4O3. The normalized spacial score (nSPS) is 10.2. The fourth-order valence-corrected chi connectivity index (χ4v) is 2.15. The molecule has 7 heteroatoms. The van der Waals surface area contributed by atoms with Crippen LogP contribution in [0.4, 0.5) is 5.82 Å². The minimum Gasteiger partial charge on any atom is -0.493 e. The van der Waals surface area contributed by atoms with E-state index in [1.807, 2.05) is 30.3 Å². The van der Waals surface area contributed by atoms with Gasteiger partial charge in [-0.15, -0.1) is 0 Å². The number of aromatic nitrogens is 2. The van der Waals surface area contributed by atoms with Gasteiger partial charge in [0.25, 0.3) is 5.91 Å². The van der Waals surface area contributed by atoms with E-state index in [9.17, 15) is 4.79 Å². The molecule has 3 rings (SSSR count). The Morgan fingerprint density at radius 1 is 1.04 bits per heavy atom. The number of nitrogens with zero attached hydrogens (tertiary/aromatic N) is 2. The molecule has 2 aromatic carbocycles. The second-order valence-corrected chi connectivity index (χ2v) is 4.85. The van der Waals surface area contributed by atoms with Crippen molar-refractivity contribution in [3.63, 3.8) is 0 Å². The van der Waals surface area contributed by atoms with Gasteiger partial charge in [-0.3, -0.25) is 15.6 Å². The summed E-state index contributed by atoms with van der Waals surface area (Å²) in [7, 11) is 1.55. The lowest BCUT2D eigenvalue weighted by atomic mass is 10.2. The average molecular weight is 324 g/mol. The molecule has 0 atom stereocenters. The zero-order valence-corrected chi connectivity index (χ0v) is 13.0. The van der Waals surface area contributed by atoms with Gasteiger partial charge in [0.15, 0.2) is 23.9 Å². The van der Waals surface area contributed by atoms with Crippen molar-refractivity contribution in [3.8, 4) is 11.5 Å². The lowest BCUT2D eigenvalue weighted by Gasteiger charge is -2.12. The molecule has 3 aromatic rings. The summed E-state index contributed by atoms with van der Waals surface area (Å²) in [4.78, 5) is 20.2. The van der Waals surface area contributed by atoms with Crippen molar-refractivity contribution in [2.45, 2.75) is 0 Å². The van der Waals surface area contributed by atoms with E-state index in [1.54, 1.807) is 25.3 Å². The third kappa shape index (κ3) is 3.52. The highest BCUT2D eigenvalue weighted by atomic mass is 16.5. The van der Waals surface area contributed by atoms with Gasteiger partial charge >= 0.3 is 0 Å². The van der Waals surface area contributed by atoms with Gasteiger partial charge in [-0.2, -0.15) is 0 Å². The van der Waals surface area contributed by atoms with E-state index < -0.39 is 0 Å². The van der Waals surface area contributed by atoms with Crippen molar-refractivity contribution in [3.05, 3.63) is 54.9 Å². The monoisotopic (exact) mass is 324 g/mol. The number of anilines is 1. The number of hydrogen-bond acceptors (Lipinski definition) is 6. The number of benzene rings is 2. The van der Waals surface area contributed by atoms with Crippen LogP contribution < -0.4 is 20.3 Å². The van der Waals surface area contributed by atoms with Crippen LogP contribution in [-0.2, 0) is 4.79 Å². The van der Waals surface area contributed by atoms with E-state index in [-0.39, 0.29) is 12.5 Å².